The summed E-state index contributed by atoms with van der Waals surface area (Å²) in [6.45, 7) is 0. The van der Waals surface area contributed by atoms with E-state index in [1.165, 1.54) is 24.5 Å². The third-order valence-electron chi connectivity index (χ3n) is 5.57. The fraction of sp³-hybridized carbons (Fsp3) is 0.107. The highest BCUT2D eigenvalue weighted by Crippen LogP contribution is 2.47. The molecular formula is C28H19F9O6S5. The van der Waals surface area contributed by atoms with Crippen LogP contribution in [0.2, 0.25) is 0 Å². The van der Waals surface area contributed by atoms with E-state index in [0.717, 1.165) is 0 Å². The molecule has 4 aromatic rings. The summed E-state index contributed by atoms with van der Waals surface area (Å²) in [5, 5.41) is 0. The summed E-state index contributed by atoms with van der Waals surface area (Å²) in [4.78, 5) is 6.58. The summed E-state index contributed by atoms with van der Waals surface area (Å²) >= 11 is 1.80. The predicted molar refractivity (Wildman–Crippen MR) is 160 cm³/mol. The van der Waals surface area contributed by atoms with E-state index in [4.69, 9.17) is 0 Å². The van der Waals surface area contributed by atoms with E-state index in [1.807, 2.05) is 0 Å². The second-order valence-electron chi connectivity index (χ2n) is 8.92. The zero-order valence-corrected chi connectivity index (χ0v) is 27.4. The van der Waals surface area contributed by atoms with Crippen molar-refractivity contribution in [1.29, 1.82) is 0 Å². The van der Waals surface area contributed by atoms with Gasteiger partial charge in [-0.05, 0) is 60.7 Å². The molecule has 0 saturated heterocycles. The SMILES string of the molecule is O=S(=O)([C-](S(=O)(=O)C(F)(F)F)S(=O)(=O)C(F)(F)F)C(F)(F)F.c1ccc(Sc2ccc([S+](c3ccccc3)c3ccccc3)cc2)cc1. The van der Waals surface area contributed by atoms with E-state index in [-0.39, 0.29) is 10.9 Å². The van der Waals surface area contributed by atoms with Crippen LogP contribution in [0, 0.1) is 3.91 Å². The normalized spacial score (nSPS) is 13.2. The smallest absolute Gasteiger partial charge is 0.251 e. The molecule has 48 heavy (non-hydrogen) atoms. The molecule has 0 heterocycles. The maximum absolute atomic E-state index is 12.0. The number of rotatable bonds is 8. The molecule has 0 saturated carbocycles. The zero-order chi connectivity index (χ0) is 36.2. The van der Waals surface area contributed by atoms with Crippen molar-refractivity contribution >= 4 is 52.2 Å². The molecule has 0 N–H and O–H groups in total. The minimum atomic E-state index is -8.02. The van der Waals surface area contributed by atoms with Crippen molar-refractivity contribution in [3.8, 4) is 0 Å². The van der Waals surface area contributed by atoms with Gasteiger partial charge in [0.05, 0.1) is 14.8 Å². The second kappa shape index (κ2) is 14.7. The number of alkyl halides is 9. The van der Waals surface area contributed by atoms with Gasteiger partial charge in [-0.15, -0.1) is 0 Å². The fourth-order valence-corrected chi connectivity index (χ4v) is 12.2. The summed E-state index contributed by atoms with van der Waals surface area (Å²) < 4.78 is 167. The number of benzene rings is 4. The molecule has 0 unspecified atom stereocenters. The van der Waals surface area contributed by atoms with Crippen molar-refractivity contribution in [2.45, 2.75) is 41.0 Å². The summed E-state index contributed by atoms with van der Waals surface area (Å²) in [5.41, 5.74) is -21.2. The van der Waals surface area contributed by atoms with Gasteiger partial charge in [0.1, 0.15) is 0 Å². The van der Waals surface area contributed by atoms with Gasteiger partial charge in [-0.25, -0.2) is 0 Å². The van der Waals surface area contributed by atoms with Crippen LogP contribution in [0.15, 0.2) is 140 Å². The topological polar surface area (TPSA) is 102 Å². The summed E-state index contributed by atoms with van der Waals surface area (Å²) in [5.74, 6) is 0. The lowest BCUT2D eigenvalue weighted by atomic mass is 10.3. The van der Waals surface area contributed by atoms with E-state index in [1.54, 1.807) is 11.8 Å². The third kappa shape index (κ3) is 8.87. The van der Waals surface area contributed by atoms with Crippen LogP contribution in [-0.4, -0.2) is 41.8 Å². The number of hydrogen-bond donors (Lipinski definition) is 0. The van der Waals surface area contributed by atoms with Crippen molar-refractivity contribution in [1.82, 2.24) is 0 Å². The van der Waals surface area contributed by atoms with Gasteiger partial charge in [0.2, 0.25) is 0 Å². The monoisotopic (exact) mass is 782 g/mol. The van der Waals surface area contributed by atoms with Crippen LogP contribution in [0.1, 0.15) is 0 Å². The Morgan fingerprint density at radius 2 is 0.688 bits per heavy atom. The zero-order valence-electron chi connectivity index (χ0n) is 23.4. The molecule has 0 aromatic heterocycles. The Bertz CT molecular complexity index is 1840. The molecule has 4 rings (SSSR count). The highest BCUT2D eigenvalue weighted by Gasteiger charge is 2.63. The molecule has 20 heteroatoms. The lowest BCUT2D eigenvalue weighted by molar-refractivity contribution is -0.0471. The van der Waals surface area contributed by atoms with Crippen molar-refractivity contribution in [2.24, 2.45) is 0 Å². The third-order valence-corrected chi connectivity index (χ3v) is 15.9. The second-order valence-corrected chi connectivity index (χ2v) is 18.5. The molecule has 260 valence electrons. The molecule has 0 radical (unpaired) electrons. The molecular weight excluding hydrogens is 764 g/mol. The molecule has 0 bridgehead atoms. The molecule has 0 aliphatic heterocycles. The minimum Gasteiger partial charge on any atom is -0.251 e. The van der Waals surface area contributed by atoms with Gasteiger partial charge in [0.25, 0.3) is 0 Å². The molecule has 0 aliphatic carbocycles. The Labute approximate surface area is 276 Å². The molecule has 0 amide bonds. The molecule has 4 aromatic carbocycles. The van der Waals surface area contributed by atoms with Crippen molar-refractivity contribution in [3.63, 3.8) is 0 Å². The maximum Gasteiger partial charge on any atom is 0.470 e. The Morgan fingerprint density at radius 1 is 0.417 bits per heavy atom. The highest BCUT2D eigenvalue weighted by molar-refractivity contribution is 8.29. The molecule has 0 aliphatic rings. The van der Waals surface area contributed by atoms with Gasteiger partial charge < -0.3 is 0 Å². The largest absolute Gasteiger partial charge is 0.470 e. The number of sulfone groups is 3. The first-order chi connectivity index (χ1) is 22.0. The predicted octanol–water partition coefficient (Wildman–Crippen LogP) is 8.17. The van der Waals surface area contributed by atoms with Crippen LogP contribution in [0.4, 0.5) is 39.5 Å². The average molecular weight is 783 g/mol. The van der Waals surface area contributed by atoms with Crippen molar-refractivity contribution < 1.29 is 64.8 Å². The van der Waals surface area contributed by atoms with Gasteiger partial charge in [-0.2, -0.15) is 39.5 Å². The first-order valence-electron chi connectivity index (χ1n) is 12.5. The van der Waals surface area contributed by atoms with Crippen LogP contribution in [0.5, 0.6) is 0 Å². The van der Waals surface area contributed by atoms with Gasteiger partial charge in [0, 0.05) is 9.79 Å². The summed E-state index contributed by atoms with van der Waals surface area (Å²) in [6.07, 6.45) is 0. The quantitative estimate of drug-likeness (QED) is 0.101. The standard InChI is InChI=1S/C24H19S2.C4F9O6S3/c1-4-10-20(11-5-1)25-21-16-18-24(19-17-21)26(22-12-6-2-7-13-22)23-14-8-3-9-15-23;5-2(6,7)20(14,15)1(21(16,17)3(8,9)10)22(18,19)4(11,12)13/h1-19H;/q+1;-1. The first kappa shape index (κ1) is 39.2. The summed E-state index contributed by atoms with van der Waals surface area (Å²) in [7, 11) is -24.1. The Kier molecular flexibility index (Phi) is 12.0. The van der Waals surface area contributed by atoms with Crippen LogP contribution < -0.4 is 0 Å². The number of hydrogen-bond acceptors (Lipinski definition) is 7. The van der Waals surface area contributed by atoms with Gasteiger partial charge in [-0.3, -0.25) is 25.3 Å². The summed E-state index contributed by atoms with van der Waals surface area (Å²) in [6, 6.07) is 41.1. The maximum atomic E-state index is 12.0. The van der Waals surface area contributed by atoms with Crippen LogP contribution >= 0.6 is 11.8 Å². The molecule has 0 fully saturated rings. The molecule has 0 atom stereocenters. The Hall–Kier alpha value is -3.20. The lowest BCUT2D eigenvalue weighted by Gasteiger charge is -2.31. The van der Waals surface area contributed by atoms with Crippen LogP contribution in [-0.2, 0) is 40.4 Å². The van der Waals surface area contributed by atoms with Crippen LogP contribution in [0.3, 0.4) is 0 Å². The van der Waals surface area contributed by atoms with E-state index in [2.05, 4.69) is 115 Å². The van der Waals surface area contributed by atoms with E-state index in [9.17, 15) is 64.8 Å². The van der Waals surface area contributed by atoms with Gasteiger partial charge in [0.15, 0.2) is 44.2 Å². The fourth-order valence-electron chi connectivity index (χ4n) is 3.51. The molecule has 6 nitrogen and oxygen atoms in total. The van der Waals surface area contributed by atoms with E-state index >= 15 is 0 Å². The van der Waals surface area contributed by atoms with Gasteiger partial charge >= 0.3 is 16.5 Å². The average Bonchev–Trinajstić information content (AvgIpc) is 2.98. The molecule has 0 spiro atoms. The van der Waals surface area contributed by atoms with E-state index < -0.39 is 50.0 Å². The number of halogens is 9. The lowest BCUT2D eigenvalue weighted by Crippen LogP contribution is -2.47. The Morgan fingerprint density at radius 3 is 1.00 bits per heavy atom. The van der Waals surface area contributed by atoms with Crippen LogP contribution in [0.25, 0.3) is 0 Å². The first-order valence-corrected chi connectivity index (χ1v) is 19.0. The van der Waals surface area contributed by atoms with Gasteiger partial charge in [-0.1, -0.05) is 66.4 Å². The van der Waals surface area contributed by atoms with E-state index in [0.29, 0.717) is 0 Å². The highest BCUT2D eigenvalue weighted by atomic mass is 32.3. The minimum absolute atomic E-state index is 0.0786. The Balaban J connectivity index is 0.000000266. The van der Waals surface area contributed by atoms with Crippen molar-refractivity contribution in [3.05, 3.63) is 119 Å². The van der Waals surface area contributed by atoms with Crippen molar-refractivity contribution in [2.75, 3.05) is 0 Å².